The summed E-state index contributed by atoms with van der Waals surface area (Å²) in [4.78, 5) is 2.49. The highest BCUT2D eigenvalue weighted by atomic mass is 32.2. The van der Waals surface area contributed by atoms with Gasteiger partial charge in [0.05, 0.1) is 5.25 Å². The molecule has 2 aliphatic rings. The molecular formula is C12H23NO2S. The Morgan fingerprint density at radius 3 is 2.19 bits per heavy atom. The van der Waals surface area contributed by atoms with Crippen molar-refractivity contribution in [3.05, 3.63) is 0 Å². The Kier molecular flexibility index (Phi) is 2.67. The van der Waals surface area contributed by atoms with Gasteiger partial charge in [-0.05, 0) is 52.0 Å². The molecule has 1 aliphatic carbocycles. The third-order valence-electron chi connectivity index (χ3n) is 4.31. The second-order valence-electron chi connectivity index (χ2n) is 6.70. The van der Waals surface area contributed by atoms with Crippen LogP contribution in [-0.2, 0) is 9.84 Å². The quantitative estimate of drug-likeness (QED) is 0.705. The van der Waals surface area contributed by atoms with Crippen LogP contribution in [0.25, 0.3) is 0 Å². The van der Waals surface area contributed by atoms with Crippen LogP contribution >= 0.6 is 0 Å². The first-order valence-electron chi connectivity index (χ1n) is 6.06. The molecule has 94 valence electrons. The number of rotatable bonds is 1. The van der Waals surface area contributed by atoms with Crippen LogP contribution in [0.2, 0.25) is 0 Å². The van der Waals surface area contributed by atoms with E-state index in [1.165, 1.54) is 12.7 Å². The highest BCUT2D eigenvalue weighted by Gasteiger charge is 2.52. The molecule has 1 heterocycles. The second kappa shape index (κ2) is 3.45. The van der Waals surface area contributed by atoms with E-state index in [9.17, 15) is 8.42 Å². The summed E-state index contributed by atoms with van der Waals surface area (Å²) in [6, 6.07) is 0. The van der Waals surface area contributed by atoms with Crippen LogP contribution in [0, 0.1) is 5.41 Å². The third-order valence-corrected chi connectivity index (χ3v) is 5.86. The van der Waals surface area contributed by atoms with E-state index < -0.39 is 9.84 Å². The average molecular weight is 245 g/mol. The highest BCUT2D eigenvalue weighted by Crippen LogP contribution is 2.51. The fraction of sp³-hybridized carbons (Fsp3) is 1.00. The van der Waals surface area contributed by atoms with E-state index in [2.05, 4.69) is 25.7 Å². The summed E-state index contributed by atoms with van der Waals surface area (Å²) < 4.78 is 22.8. The first kappa shape index (κ1) is 12.4. The molecule has 0 N–H and O–H groups in total. The predicted molar refractivity (Wildman–Crippen MR) is 66.2 cm³/mol. The van der Waals surface area contributed by atoms with Crippen LogP contribution in [0.3, 0.4) is 0 Å². The molecule has 3 nitrogen and oxygen atoms in total. The lowest BCUT2D eigenvalue weighted by Crippen LogP contribution is -2.48. The van der Waals surface area contributed by atoms with Gasteiger partial charge in [0.1, 0.15) is 9.84 Å². The van der Waals surface area contributed by atoms with Gasteiger partial charge in [-0.3, -0.25) is 4.90 Å². The molecule has 2 rings (SSSR count). The number of hydrogen-bond donors (Lipinski definition) is 0. The number of nitrogens with zero attached hydrogens (tertiary/aromatic N) is 1. The van der Waals surface area contributed by atoms with Crippen molar-refractivity contribution in [2.75, 3.05) is 19.3 Å². The van der Waals surface area contributed by atoms with Crippen LogP contribution < -0.4 is 0 Å². The molecule has 0 unspecified atom stereocenters. The van der Waals surface area contributed by atoms with Gasteiger partial charge in [0.2, 0.25) is 0 Å². The zero-order valence-corrected chi connectivity index (χ0v) is 11.6. The highest BCUT2D eigenvalue weighted by molar-refractivity contribution is 7.91. The predicted octanol–water partition coefficient (Wildman–Crippen LogP) is 1.68. The first-order chi connectivity index (χ1) is 7.12. The van der Waals surface area contributed by atoms with Gasteiger partial charge in [0.25, 0.3) is 0 Å². The van der Waals surface area contributed by atoms with E-state index in [0.29, 0.717) is 5.41 Å². The lowest BCUT2D eigenvalue weighted by molar-refractivity contribution is 0.104. The van der Waals surface area contributed by atoms with Crippen molar-refractivity contribution in [2.24, 2.45) is 5.41 Å². The number of sulfone groups is 1. The van der Waals surface area contributed by atoms with Crippen molar-refractivity contribution in [3.63, 3.8) is 0 Å². The van der Waals surface area contributed by atoms with Gasteiger partial charge in [0.15, 0.2) is 0 Å². The molecule has 0 bridgehead atoms. The van der Waals surface area contributed by atoms with Crippen molar-refractivity contribution >= 4 is 9.84 Å². The first-order valence-corrected chi connectivity index (χ1v) is 8.02. The van der Waals surface area contributed by atoms with E-state index in [1.807, 2.05) is 0 Å². The van der Waals surface area contributed by atoms with E-state index >= 15 is 0 Å². The maximum absolute atomic E-state index is 11.4. The van der Waals surface area contributed by atoms with Gasteiger partial charge in [-0.1, -0.05) is 0 Å². The molecule has 0 atom stereocenters. The van der Waals surface area contributed by atoms with Crippen molar-refractivity contribution in [3.8, 4) is 0 Å². The molecule has 0 radical (unpaired) electrons. The molecule has 0 aromatic rings. The van der Waals surface area contributed by atoms with E-state index in [4.69, 9.17) is 0 Å². The molecule has 1 saturated carbocycles. The molecule has 1 aliphatic heterocycles. The lowest BCUT2D eigenvalue weighted by atomic mass is 9.68. The number of likely N-dealkylation sites (tertiary alicyclic amines) is 1. The summed E-state index contributed by atoms with van der Waals surface area (Å²) >= 11 is 0. The van der Waals surface area contributed by atoms with Crippen LogP contribution in [0.15, 0.2) is 0 Å². The summed E-state index contributed by atoms with van der Waals surface area (Å²) in [6.45, 7) is 8.92. The molecule has 0 aromatic heterocycles. The van der Waals surface area contributed by atoms with Crippen molar-refractivity contribution in [1.82, 2.24) is 4.90 Å². The Morgan fingerprint density at radius 2 is 1.81 bits per heavy atom. The Labute approximate surface area is 99.1 Å². The lowest BCUT2D eigenvalue weighted by Gasteiger charge is -2.45. The smallest absolute Gasteiger partial charge is 0.150 e. The zero-order chi connectivity index (χ0) is 12.2. The van der Waals surface area contributed by atoms with E-state index in [-0.39, 0.29) is 10.8 Å². The van der Waals surface area contributed by atoms with Crippen LogP contribution in [0.1, 0.15) is 40.0 Å². The molecule has 0 aromatic carbocycles. The number of hydrogen-bond acceptors (Lipinski definition) is 3. The standard InChI is InChI=1S/C12H23NO2S/c1-11(2,3)13-6-5-12(9-13)7-10(8-12)16(4,14)15/h10H,5-9H2,1-4H3. The Morgan fingerprint density at radius 1 is 1.25 bits per heavy atom. The Bertz CT molecular complexity index is 374. The van der Waals surface area contributed by atoms with Gasteiger partial charge < -0.3 is 0 Å². The van der Waals surface area contributed by atoms with Crippen molar-refractivity contribution < 1.29 is 8.42 Å². The largest absolute Gasteiger partial charge is 0.298 e. The zero-order valence-electron chi connectivity index (χ0n) is 10.8. The maximum Gasteiger partial charge on any atom is 0.150 e. The van der Waals surface area contributed by atoms with Crippen molar-refractivity contribution in [2.45, 2.75) is 50.8 Å². The van der Waals surface area contributed by atoms with Gasteiger partial charge in [-0.15, -0.1) is 0 Å². The summed E-state index contributed by atoms with van der Waals surface area (Å²) in [6.07, 6.45) is 4.33. The van der Waals surface area contributed by atoms with Gasteiger partial charge in [-0.25, -0.2) is 8.42 Å². The molecule has 16 heavy (non-hydrogen) atoms. The summed E-state index contributed by atoms with van der Waals surface area (Å²) in [5.74, 6) is 0. The molecule has 4 heteroatoms. The van der Waals surface area contributed by atoms with Crippen molar-refractivity contribution in [1.29, 1.82) is 0 Å². The maximum atomic E-state index is 11.4. The van der Waals surface area contributed by atoms with E-state index in [1.54, 1.807) is 0 Å². The molecule has 1 saturated heterocycles. The van der Waals surface area contributed by atoms with Gasteiger partial charge in [-0.2, -0.15) is 0 Å². The van der Waals surface area contributed by atoms with Gasteiger partial charge >= 0.3 is 0 Å². The molecule has 1 spiro atoms. The molecule has 0 amide bonds. The van der Waals surface area contributed by atoms with Gasteiger partial charge in [0, 0.05) is 18.3 Å². The minimum Gasteiger partial charge on any atom is -0.298 e. The second-order valence-corrected chi connectivity index (χ2v) is 9.03. The molecule has 2 fully saturated rings. The third kappa shape index (κ3) is 2.14. The monoisotopic (exact) mass is 245 g/mol. The fourth-order valence-corrected chi connectivity index (χ4v) is 4.36. The Balaban J connectivity index is 1.97. The minimum absolute atomic E-state index is 0.0626. The summed E-state index contributed by atoms with van der Waals surface area (Å²) in [5, 5.41) is -0.0626. The summed E-state index contributed by atoms with van der Waals surface area (Å²) in [5.41, 5.74) is 0.542. The normalized spacial score (nSPS) is 36.6. The van der Waals surface area contributed by atoms with Crippen LogP contribution in [-0.4, -0.2) is 43.5 Å². The summed E-state index contributed by atoms with van der Waals surface area (Å²) in [7, 11) is -2.80. The fourth-order valence-electron chi connectivity index (χ4n) is 3.05. The van der Waals surface area contributed by atoms with Crippen LogP contribution in [0.5, 0.6) is 0 Å². The van der Waals surface area contributed by atoms with Crippen LogP contribution in [0.4, 0.5) is 0 Å². The minimum atomic E-state index is -2.80. The Hall–Kier alpha value is -0.0900. The molecular weight excluding hydrogens is 222 g/mol. The van der Waals surface area contributed by atoms with E-state index in [0.717, 1.165) is 25.9 Å². The average Bonchev–Trinajstić information content (AvgIpc) is 2.41. The topological polar surface area (TPSA) is 37.4 Å². The SMILES string of the molecule is CC(C)(C)N1CCC2(CC(S(C)(=O)=O)C2)C1.